The first kappa shape index (κ1) is 16.7. The molecule has 1 aromatic heterocycles. The molecule has 1 heterocycles. The van der Waals surface area contributed by atoms with Gasteiger partial charge >= 0.3 is 0 Å². The lowest BCUT2D eigenvalue weighted by Crippen LogP contribution is -2.28. The lowest BCUT2D eigenvalue weighted by molar-refractivity contribution is 0.302. The molecule has 20 heavy (non-hydrogen) atoms. The smallest absolute Gasteiger partial charge is 0.129 e. The highest BCUT2D eigenvalue weighted by Gasteiger charge is 2.09. The molecule has 0 unspecified atom stereocenters. The van der Waals surface area contributed by atoms with Crippen molar-refractivity contribution in [2.24, 2.45) is 0 Å². The number of aromatic nitrogens is 1. The SMILES string of the molecule is C=CCN(CCO)c1cc(CNCC)cc(CCC)n1. The van der Waals surface area contributed by atoms with E-state index >= 15 is 0 Å². The summed E-state index contributed by atoms with van der Waals surface area (Å²) in [5, 5.41) is 12.5. The molecule has 0 aliphatic carbocycles. The molecule has 0 bridgehead atoms. The number of anilines is 1. The lowest BCUT2D eigenvalue weighted by Gasteiger charge is -2.22. The number of aryl methyl sites for hydroxylation is 1. The minimum atomic E-state index is 0.121. The number of nitrogens with zero attached hydrogens (tertiary/aromatic N) is 2. The van der Waals surface area contributed by atoms with Crippen molar-refractivity contribution in [3.05, 3.63) is 36.0 Å². The van der Waals surface area contributed by atoms with Crippen LogP contribution in [-0.2, 0) is 13.0 Å². The van der Waals surface area contributed by atoms with Gasteiger partial charge in [-0.2, -0.15) is 0 Å². The maximum Gasteiger partial charge on any atom is 0.129 e. The maximum atomic E-state index is 9.19. The Morgan fingerprint density at radius 1 is 1.40 bits per heavy atom. The predicted octanol–water partition coefficient (Wildman–Crippen LogP) is 2.13. The Balaban J connectivity index is 3.00. The van der Waals surface area contributed by atoms with E-state index < -0.39 is 0 Å². The zero-order valence-electron chi connectivity index (χ0n) is 12.7. The van der Waals surface area contributed by atoms with Crippen LogP contribution >= 0.6 is 0 Å². The number of nitrogens with one attached hydrogen (secondary N) is 1. The monoisotopic (exact) mass is 277 g/mol. The van der Waals surface area contributed by atoms with E-state index in [0.717, 1.165) is 37.4 Å². The molecule has 0 saturated carbocycles. The van der Waals surface area contributed by atoms with Gasteiger partial charge in [0.1, 0.15) is 5.82 Å². The largest absolute Gasteiger partial charge is 0.395 e. The summed E-state index contributed by atoms with van der Waals surface area (Å²) in [5.41, 5.74) is 2.36. The molecule has 112 valence electrons. The van der Waals surface area contributed by atoms with Crippen LogP contribution in [0.15, 0.2) is 24.8 Å². The summed E-state index contributed by atoms with van der Waals surface area (Å²) in [4.78, 5) is 6.77. The van der Waals surface area contributed by atoms with Crippen molar-refractivity contribution in [1.82, 2.24) is 10.3 Å². The van der Waals surface area contributed by atoms with Gasteiger partial charge in [0.2, 0.25) is 0 Å². The van der Waals surface area contributed by atoms with Gasteiger partial charge < -0.3 is 15.3 Å². The minimum Gasteiger partial charge on any atom is -0.395 e. The van der Waals surface area contributed by atoms with Gasteiger partial charge in [0, 0.05) is 25.3 Å². The first-order chi connectivity index (χ1) is 9.74. The Labute approximate surface area is 122 Å². The molecule has 4 nitrogen and oxygen atoms in total. The number of aliphatic hydroxyl groups excluding tert-OH is 1. The van der Waals surface area contributed by atoms with Crippen LogP contribution in [0.25, 0.3) is 0 Å². The second-order valence-electron chi connectivity index (χ2n) is 4.81. The molecule has 4 heteroatoms. The zero-order chi connectivity index (χ0) is 14.8. The molecule has 0 fully saturated rings. The number of hydrogen-bond donors (Lipinski definition) is 2. The van der Waals surface area contributed by atoms with E-state index in [9.17, 15) is 5.11 Å². The van der Waals surface area contributed by atoms with Crippen LogP contribution in [0, 0.1) is 0 Å². The van der Waals surface area contributed by atoms with Crippen LogP contribution in [0.3, 0.4) is 0 Å². The molecule has 1 aromatic rings. The summed E-state index contributed by atoms with van der Waals surface area (Å²) in [7, 11) is 0. The summed E-state index contributed by atoms with van der Waals surface area (Å²) < 4.78 is 0. The van der Waals surface area contributed by atoms with Crippen LogP contribution < -0.4 is 10.2 Å². The predicted molar refractivity (Wildman–Crippen MR) is 85.1 cm³/mol. The molecular weight excluding hydrogens is 250 g/mol. The van der Waals surface area contributed by atoms with Gasteiger partial charge in [-0.15, -0.1) is 6.58 Å². The summed E-state index contributed by atoms with van der Waals surface area (Å²) in [6.07, 6.45) is 3.90. The van der Waals surface area contributed by atoms with Crippen LogP contribution in [0.5, 0.6) is 0 Å². The molecule has 0 spiro atoms. The van der Waals surface area contributed by atoms with Crippen LogP contribution in [-0.4, -0.2) is 36.3 Å². The van der Waals surface area contributed by atoms with Crippen molar-refractivity contribution in [1.29, 1.82) is 0 Å². The highest BCUT2D eigenvalue weighted by Crippen LogP contribution is 2.16. The average Bonchev–Trinajstić information content (AvgIpc) is 2.45. The summed E-state index contributed by atoms with van der Waals surface area (Å²) in [6, 6.07) is 4.27. The number of rotatable bonds is 10. The minimum absolute atomic E-state index is 0.121. The van der Waals surface area contributed by atoms with E-state index in [-0.39, 0.29) is 6.61 Å². The van der Waals surface area contributed by atoms with Gasteiger partial charge in [-0.3, -0.25) is 0 Å². The standard InChI is InChI=1S/C16H27N3O/c1-4-7-15-11-14(13-17-6-3)12-16(18-15)19(8-5-2)9-10-20/h5,11-12,17,20H,2,4,6-10,13H2,1,3H3. The third kappa shape index (κ3) is 5.31. The second-order valence-corrected chi connectivity index (χ2v) is 4.81. The summed E-state index contributed by atoms with van der Waals surface area (Å²) in [5.74, 6) is 0.929. The van der Waals surface area contributed by atoms with Gasteiger partial charge in [0.25, 0.3) is 0 Å². The van der Waals surface area contributed by atoms with Gasteiger partial charge in [-0.05, 0) is 30.7 Å². The first-order valence-electron chi connectivity index (χ1n) is 7.42. The fourth-order valence-corrected chi connectivity index (χ4v) is 2.13. The Hall–Kier alpha value is -1.39. The molecule has 0 amide bonds. The number of hydrogen-bond acceptors (Lipinski definition) is 4. The van der Waals surface area contributed by atoms with E-state index in [4.69, 9.17) is 4.98 Å². The van der Waals surface area contributed by atoms with Crippen LogP contribution in [0.4, 0.5) is 5.82 Å². The average molecular weight is 277 g/mol. The molecule has 0 atom stereocenters. The van der Waals surface area contributed by atoms with E-state index in [2.05, 4.69) is 42.8 Å². The maximum absolute atomic E-state index is 9.19. The van der Waals surface area contributed by atoms with Gasteiger partial charge in [-0.25, -0.2) is 4.98 Å². The van der Waals surface area contributed by atoms with Crippen molar-refractivity contribution in [2.45, 2.75) is 33.2 Å². The van der Waals surface area contributed by atoms with Crippen molar-refractivity contribution >= 4 is 5.82 Å². The molecule has 2 N–H and O–H groups in total. The van der Waals surface area contributed by atoms with Crippen LogP contribution in [0.2, 0.25) is 0 Å². The fourth-order valence-electron chi connectivity index (χ4n) is 2.13. The van der Waals surface area contributed by atoms with Crippen molar-refractivity contribution < 1.29 is 5.11 Å². The molecular formula is C16H27N3O. The Bertz CT molecular complexity index is 407. The third-order valence-electron chi connectivity index (χ3n) is 3.05. The molecule has 0 aromatic carbocycles. The Kier molecular flexibility index (Phi) is 7.92. The van der Waals surface area contributed by atoms with Gasteiger partial charge in [-0.1, -0.05) is 26.3 Å². The van der Waals surface area contributed by atoms with Crippen molar-refractivity contribution in [3.8, 4) is 0 Å². The zero-order valence-corrected chi connectivity index (χ0v) is 12.7. The molecule has 0 radical (unpaired) electrons. The number of aliphatic hydroxyl groups is 1. The summed E-state index contributed by atoms with van der Waals surface area (Å²) >= 11 is 0. The number of pyridine rings is 1. The van der Waals surface area contributed by atoms with E-state index in [1.807, 2.05) is 6.08 Å². The highest BCUT2D eigenvalue weighted by atomic mass is 16.3. The van der Waals surface area contributed by atoms with Gasteiger partial charge in [0.15, 0.2) is 0 Å². The van der Waals surface area contributed by atoms with Crippen molar-refractivity contribution in [2.75, 3.05) is 31.1 Å². The molecule has 1 rings (SSSR count). The molecule has 0 aliphatic rings. The summed E-state index contributed by atoms with van der Waals surface area (Å²) in [6.45, 7) is 11.2. The topological polar surface area (TPSA) is 48.4 Å². The first-order valence-corrected chi connectivity index (χ1v) is 7.42. The van der Waals surface area contributed by atoms with Crippen LogP contribution in [0.1, 0.15) is 31.5 Å². The van der Waals surface area contributed by atoms with E-state index in [1.54, 1.807) is 0 Å². The normalized spacial score (nSPS) is 10.6. The molecule has 0 aliphatic heterocycles. The second kappa shape index (κ2) is 9.50. The van der Waals surface area contributed by atoms with Crippen molar-refractivity contribution in [3.63, 3.8) is 0 Å². The lowest BCUT2D eigenvalue weighted by atomic mass is 10.1. The Morgan fingerprint density at radius 3 is 2.80 bits per heavy atom. The Morgan fingerprint density at radius 2 is 2.20 bits per heavy atom. The fraction of sp³-hybridized carbons (Fsp3) is 0.562. The van der Waals surface area contributed by atoms with Gasteiger partial charge in [0.05, 0.1) is 6.61 Å². The van der Waals surface area contributed by atoms with E-state index in [1.165, 1.54) is 5.56 Å². The molecule has 0 saturated heterocycles. The highest BCUT2D eigenvalue weighted by molar-refractivity contribution is 5.43. The quantitative estimate of drug-likeness (QED) is 0.643. The third-order valence-corrected chi connectivity index (χ3v) is 3.05. The van der Waals surface area contributed by atoms with E-state index in [0.29, 0.717) is 13.1 Å².